The summed E-state index contributed by atoms with van der Waals surface area (Å²) in [6.07, 6.45) is 2.81. The highest BCUT2D eigenvalue weighted by Gasteiger charge is 2.38. The molecule has 0 radical (unpaired) electrons. The zero-order valence-corrected chi connectivity index (χ0v) is 30.1. The summed E-state index contributed by atoms with van der Waals surface area (Å²) in [6, 6.07) is 13.6. The molecule has 3 fully saturated rings. The van der Waals surface area contributed by atoms with E-state index < -0.39 is 18.2 Å². The van der Waals surface area contributed by atoms with Crippen LogP contribution in [0.5, 0.6) is 17.2 Å². The molecule has 3 aliphatic rings. The summed E-state index contributed by atoms with van der Waals surface area (Å²) in [4.78, 5) is 32.3. The van der Waals surface area contributed by atoms with E-state index in [2.05, 4.69) is 4.90 Å². The molecule has 4 aromatic rings. The standard InChI is InChI=1S/C36H37Cl2N3O8S/c1-21-28(5-4-6-29(21)42)41(36(44)49-33-20-39-13-11-22(33)12-14-39)17-24-8-10-34(50-24)35(43)48-31(16-25-26(37)18-40(45)19-27(25)38)23-7-9-30(46-2)32(15-23)47-3/h4-10,15,18-19,22,31,33,42H,11-14,16-17,20H2,1-3H3/t31-,33-/m0/s1. The fraction of sp³-hybridized carbons (Fsp3) is 0.361. The molecule has 0 unspecified atom stereocenters. The number of pyridine rings is 1. The number of rotatable bonds is 11. The highest BCUT2D eigenvalue weighted by molar-refractivity contribution is 7.14. The van der Waals surface area contributed by atoms with E-state index in [1.807, 2.05) is 0 Å². The molecule has 50 heavy (non-hydrogen) atoms. The average Bonchev–Trinajstić information content (AvgIpc) is 3.58. The van der Waals surface area contributed by atoms with Gasteiger partial charge in [-0.15, -0.1) is 11.3 Å². The lowest BCUT2D eigenvalue weighted by molar-refractivity contribution is -0.605. The number of anilines is 1. The number of esters is 1. The Bertz CT molecular complexity index is 1860. The number of carbonyl (C=O) groups excluding carboxylic acids is 2. The van der Waals surface area contributed by atoms with Crippen LogP contribution in [0, 0.1) is 18.0 Å². The Morgan fingerprint density at radius 2 is 1.78 bits per heavy atom. The third-order valence-electron chi connectivity index (χ3n) is 9.29. The normalized spacial score (nSPS) is 18.7. The molecule has 0 saturated carbocycles. The van der Waals surface area contributed by atoms with Gasteiger partial charge < -0.3 is 29.3 Å². The van der Waals surface area contributed by atoms with Crippen LogP contribution in [0.3, 0.4) is 0 Å². The smallest absolute Gasteiger partial charge is 0.414 e. The van der Waals surface area contributed by atoms with Crippen molar-refractivity contribution in [1.29, 1.82) is 0 Å². The SMILES string of the molecule is COc1ccc([C@H](Cc2c(Cl)c[n+]([O-])cc2Cl)OC(=O)c2ccc(CN(C(=O)O[C@H]3CN4CCC3CC4)c3cccc(O)c3C)s2)cc1OC. The van der Waals surface area contributed by atoms with Crippen molar-refractivity contribution in [2.24, 2.45) is 5.92 Å². The van der Waals surface area contributed by atoms with Gasteiger partial charge in [-0.05, 0) is 80.7 Å². The van der Waals surface area contributed by atoms with Crippen LogP contribution in [-0.4, -0.2) is 62.0 Å². The molecule has 1 amide bonds. The number of hydrogen-bond donors (Lipinski definition) is 1. The number of hydrogen-bond acceptors (Lipinski definition) is 10. The van der Waals surface area contributed by atoms with E-state index in [9.17, 15) is 19.9 Å². The van der Waals surface area contributed by atoms with Crippen LogP contribution >= 0.6 is 34.5 Å². The number of piperidine rings is 3. The average molecular weight is 743 g/mol. The van der Waals surface area contributed by atoms with E-state index in [1.165, 1.54) is 42.8 Å². The van der Waals surface area contributed by atoms with Gasteiger partial charge in [0, 0.05) is 29.0 Å². The van der Waals surface area contributed by atoms with Gasteiger partial charge in [0.2, 0.25) is 0 Å². The molecular formula is C36H37Cl2N3O8S. The molecule has 2 aromatic heterocycles. The Labute approximate surface area is 304 Å². The van der Waals surface area contributed by atoms with Crippen LogP contribution in [0.25, 0.3) is 0 Å². The summed E-state index contributed by atoms with van der Waals surface area (Å²) in [5.74, 6) is 0.687. The number of amides is 1. The van der Waals surface area contributed by atoms with Gasteiger partial charge >= 0.3 is 12.1 Å². The third-order valence-corrected chi connectivity index (χ3v) is 11.0. The van der Waals surface area contributed by atoms with Gasteiger partial charge in [0.1, 0.15) is 32.9 Å². The Morgan fingerprint density at radius 3 is 2.44 bits per heavy atom. The maximum Gasteiger partial charge on any atom is 0.414 e. The first-order chi connectivity index (χ1) is 24.0. The van der Waals surface area contributed by atoms with Crippen molar-refractivity contribution in [3.05, 3.63) is 103 Å². The molecule has 3 saturated heterocycles. The number of carbonyl (C=O) groups is 2. The number of phenolic OH excluding ortho intramolecular Hbond substituents is 1. The van der Waals surface area contributed by atoms with Crippen LogP contribution in [0.2, 0.25) is 10.0 Å². The summed E-state index contributed by atoms with van der Waals surface area (Å²) in [5.41, 5.74) is 2.06. The molecule has 5 heterocycles. The number of phenols is 1. The van der Waals surface area contributed by atoms with Crippen LogP contribution in [0.4, 0.5) is 10.5 Å². The monoisotopic (exact) mass is 741 g/mol. The zero-order chi connectivity index (χ0) is 35.5. The second-order valence-corrected chi connectivity index (χ2v) is 14.3. The summed E-state index contributed by atoms with van der Waals surface area (Å²) in [7, 11) is 3.02. The topological polar surface area (TPSA) is 125 Å². The Hall–Kier alpha value is -4.23. The first-order valence-electron chi connectivity index (χ1n) is 16.1. The number of methoxy groups -OCH3 is 2. The van der Waals surface area contributed by atoms with Gasteiger partial charge in [-0.25, -0.2) is 9.59 Å². The lowest BCUT2D eigenvalue weighted by Crippen LogP contribution is -2.53. The van der Waals surface area contributed by atoms with Gasteiger partial charge in [-0.3, -0.25) is 9.80 Å². The van der Waals surface area contributed by atoms with E-state index in [-0.39, 0.29) is 34.9 Å². The van der Waals surface area contributed by atoms with Gasteiger partial charge in [0.15, 0.2) is 23.9 Å². The molecule has 11 nitrogen and oxygen atoms in total. The lowest BCUT2D eigenvalue weighted by atomic mass is 9.86. The third kappa shape index (κ3) is 7.73. The largest absolute Gasteiger partial charge is 0.619 e. The maximum atomic E-state index is 13.8. The lowest BCUT2D eigenvalue weighted by Gasteiger charge is -2.44. The van der Waals surface area contributed by atoms with E-state index in [1.54, 1.807) is 55.5 Å². The van der Waals surface area contributed by atoms with Crippen molar-refractivity contribution in [1.82, 2.24) is 4.90 Å². The van der Waals surface area contributed by atoms with Crippen LogP contribution in [-0.2, 0) is 22.4 Å². The minimum Gasteiger partial charge on any atom is -0.619 e. The zero-order valence-electron chi connectivity index (χ0n) is 27.8. The highest BCUT2D eigenvalue weighted by atomic mass is 35.5. The number of thiophene rings is 1. The van der Waals surface area contributed by atoms with Gasteiger partial charge in [0.25, 0.3) is 0 Å². The van der Waals surface area contributed by atoms with E-state index in [0.717, 1.165) is 25.9 Å². The number of nitrogens with zero attached hydrogens (tertiary/aromatic N) is 3. The molecule has 1 N–H and O–H groups in total. The van der Waals surface area contributed by atoms with Crippen molar-refractivity contribution >= 4 is 52.3 Å². The highest BCUT2D eigenvalue weighted by Crippen LogP contribution is 2.37. The van der Waals surface area contributed by atoms with E-state index >= 15 is 0 Å². The quantitative estimate of drug-likeness (QED) is 0.0974. The van der Waals surface area contributed by atoms with Crippen molar-refractivity contribution < 1.29 is 38.4 Å². The van der Waals surface area contributed by atoms with Crippen LogP contribution < -0.4 is 19.1 Å². The summed E-state index contributed by atoms with van der Waals surface area (Å²) in [5, 5.41) is 22.6. The molecule has 3 aliphatic heterocycles. The van der Waals surface area contributed by atoms with Crippen molar-refractivity contribution in [2.45, 2.75) is 44.9 Å². The fourth-order valence-electron chi connectivity index (χ4n) is 6.50. The minimum atomic E-state index is -0.881. The summed E-state index contributed by atoms with van der Waals surface area (Å²) in [6.45, 7) is 4.58. The van der Waals surface area contributed by atoms with Gasteiger partial charge in [-0.2, -0.15) is 4.73 Å². The Morgan fingerprint density at radius 1 is 1.06 bits per heavy atom. The number of benzene rings is 2. The summed E-state index contributed by atoms with van der Waals surface area (Å²) >= 11 is 14.0. The molecule has 2 atom stereocenters. The summed E-state index contributed by atoms with van der Waals surface area (Å²) < 4.78 is 23.6. The number of aromatic hydroxyl groups is 1. The maximum absolute atomic E-state index is 13.8. The molecule has 264 valence electrons. The molecule has 14 heteroatoms. The number of fused-ring (bicyclic) bond motifs is 3. The van der Waals surface area contributed by atoms with Gasteiger partial charge in [-0.1, -0.05) is 35.3 Å². The predicted octanol–water partition coefficient (Wildman–Crippen LogP) is 7.10. The number of aromatic nitrogens is 1. The van der Waals surface area contributed by atoms with Crippen LogP contribution in [0.15, 0.2) is 60.9 Å². The van der Waals surface area contributed by atoms with Crippen molar-refractivity contribution in [3.8, 4) is 17.2 Å². The number of halogens is 2. The molecule has 2 bridgehead atoms. The van der Waals surface area contributed by atoms with Crippen LogP contribution in [0.1, 0.15) is 50.2 Å². The first kappa shape index (κ1) is 35.6. The Balaban J connectivity index is 1.25. The second kappa shape index (κ2) is 15.3. The molecule has 7 rings (SSSR count). The van der Waals surface area contributed by atoms with Crippen molar-refractivity contribution in [3.63, 3.8) is 0 Å². The number of ether oxygens (including phenoxy) is 4. The first-order valence-corrected chi connectivity index (χ1v) is 17.7. The van der Waals surface area contributed by atoms with E-state index in [0.29, 0.717) is 60.8 Å². The molecule has 0 aliphatic carbocycles. The molecule has 2 aromatic carbocycles. The minimum absolute atomic E-state index is 0.0588. The van der Waals surface area contributed by atoms with Gasteiger partial charge in [0.05, 0.1) is 26.5 Å². The van der Waals surface area contributed by atoms with E-state index in [4.69, 9.17) is 42.1 Å². The fourth-order valence-corrected chi connectivity index (χ4v) is 7.98. The van der Waals surface area contributed by atoms with Crippen molar-refractivity contribution in [2.75, 3.05) is 38.8 Å². The Kier molecular flexibility index (Phi) is 10.9. The molecular weight excluding hydrogens is 705 g/mol. The predicted molar refractivity (Wildman–Crippen MR) is 190 cm³/mol. The second-order valence-electron chi connectivity index (χ2n) is 12.3. The molecule has 0 spiro atoms.